The van der Waals surface area contributed by atoms with E-state index in [1.54, 1.807) is 0 Å². The molecule has 17 heavy (non-hydrogen) atoms. The van der Waals surface area contributed by atoms with Gasteiger partial charge in [-0.05, 0) is 25.3 Å². The van der Waals surface area contributed by atoms with Gasteiger partial charge in [0.2, 0.25) is 5.91 Å². The first kappa shape index (κ1) is 13.9. The van der Waals surface area contributed by atoms with Crippen molar-refractivity contribution in [3.05, 3.63) is 0 Å². The molecule has 0 saturated carbocycles. The molecule has 0 aliphatic carbocycles. The van der Waals surface area contributed by atoms with E-state index in [0.29, 0.717) is 12.5 Å². The molecule has 1 fully saturated rings. The van der Waals surface area contributed by atoms with E-state index in [-0.39, 0.29) is 25.2 Å². The molecule has 0 aromatic rings. The van der Waals surface area contributed by atoms with Crippen LogP contribution in [0.15, 0.2) is 0 Å². The summed E-state index contributed by atoms with van der Waals surface area (Å²) < 4.78 is 4.82. The SMILES string of the molecule is CC1CCNC(C(=O)NCCOCC(=O)O)C1. The van der Waals surface area contributed by atoms with E-state index in [1.807, 2.05) is 0 Å². The number of piperidine rings is 1. The fraction of sp³-hybridized carbons (Fsp3) is 0.818. The van der Waals surface area contributed by atoms with Crippen LogP contribution < -0.4 is 10.6 Å². The van der Waals surface area contributed by atoms with Gasteiger partial charge in [0, 0.05) is 6.54 Å². The summed E-state index contributed by atoms with van der Waals surface area (Å²) in [6.07, 6.45) is 1.95. The summed E-state index contributed by atoms with van der Waals surface area (Å²) in [5, 5.41) is 14.2. The third kappa shape index (κ3) is 5.65. The van der Waals surface area contributed by atoms with E-state index in [2.05, 4.69) is 17.6 Å². The second-order valence-corrected chi connectivity index (χ2v) is 4.37. The topological polar surface area (TPSA) is 87.7 Å². The van der Waals surface area contributed by atoms with Crippen LogP contribution in [0.4, 0.5) is 0 Å². The molecule has 1 saturated heterocycles. The Morgan fingerprint density at radius 1 is 1.53 bits per heavy atom. The van der Waals surface area contributed by atoms with Gasteiger partial charge in [0.15, 0.2) is 0 Å². The maximum absolute atomic E-state index is 11.7. The zero-order valence-corrected chi connectivity index (χ0v) is 10.1. The van der Waals surface area contributed by atoms with Crippen LogP contribution in [0.5, 0.6) is 0 Å². The fourth-order valence-corrected chi connectivity index (χ4v) is 1.84. The first-order valence-electron chi connectivity index (χ1n) is 5.90. The van der Waals surface area contributed by atoms with Crippen molar-refractivity contribution in [3.63, 3.8) is 0 Å². The van der Waals surface area contributed by atoms with Crippen LogP contribution in [0.25, 0.3) is 0 Å². The lowest BCUT2D eigenvalue weighted by atomic mass is 9.94. The van der Waals surface area contributed by atoms with Crippen molar-refractivity contribution in [2.45, 2.75) is 25.8 Å². The Kier molecular flexibility index (Phi) is 5.93. The van der Waals surface area contributed by atoms with Crippen molar-refractivity contribution in [3.8, 4) is 0 Å². The molecule has 6 nitrogen and oxygen atoms in total. The van der Waals surface area contributed by atoms with Crippen molar-refractivity contribution >= 4 is 11.9 Å². The molecule has 1 aliphatic rings. The number of carbonyl (C=O) groups is 2. The molecule has 0 aromatic carbocycles. The number of aliphatic carboxylic acids is 1. The van der Waals surface area contributed by atoms with Gasteiger partial charge in [-0.25, -0.2) is 4.79 Å². The van der Waals surface area contributed by atoms with E-state index >= 15 is 0 Å². The van der Waals surface area contributed by atoms with Gasteiger partial charge >= 0.3 is 5.97 Å². The van der Waals surface area contributed by atoms with E-state index in [0.717, 1.165) is 19.4 Å². The molecular weight excluding hydrogens is 224 g/mol. The smallest absolute Gasteiger partial charge is 0.329 e. The molecule has 0 radical (unpaired) electrons. The van der Waals surface area contributed by atoms with Gasteiger partial charge in [0.25, 0.3) is 0 Å². The molecule has 3 N–H and O–H groups in total. The van der Waals surface area contributed by atoms with Crippen LogP contribution >= 0.6 is 0 Å². The fourth-order valence-electron chi connectivity index (χ4n) is 1.84. The van der Waals surface area contributed by atoms with Crippen LogP contribution in [0.2, 0.25) is 0 Å². The number of rotatable bonds is 6. The summed E-state index contributed by atoms with van der Waals surface area (Å²) >= 11 is 0. The summed E-state index contributed by atoms with van der Waals surface area (Å²) in [6, 6.07) is -0.127. The van der Waals surface area contributed by atoms with Gasteiger partial charge in [0.05, 0.1) is 12.6 Å². The zero-order chi connectivity index (χ0) is 12.7. The van der Waals surface area contributed by atoms with Crippen LogP contribution in [-0.2, 0) is 14.3 Å². The standard InChI is InChI=1S/C11H20N2O4/c1-8-2-3-12-9(6-8)11(16)13-4-5-17-7-10(14)15/h8-9,12H,2-7H2,1H3,(H,13,16)(H,14,15). The maximum atomic E-state index is 11.7. The molecule has 0 spiro atoms. The summed E-state index contributed by atoms with van der Waals surface area (Å²) in [4.78, 5) is 21.9. The van der Waals surface area contributed by atoms with Gasteiger partial charge in [-0.2, -0.15) is 0 Å². The molecule has 1 aliphatic heterocycles. The number of ether oxygens (including phenoxy) is 1. The average molecular weight is 244 g/mol. The summed E-state index contributed by atoms with van der Waals surface area (Å²) in [7, 11) is 0. The Hall–Kier alpha value is -1.14. The maximum Gasteiger partial charge on any atom is 0.329 e. The minimum Gasteiger partial charge on any atom is -0.480 e. The number of hydrogen-bond acceptors (Lipinski definition) is 4. The van der Waals surface area contributed by atoms with Gasteiger partial charge in [0.1, 0.15) is 6.61 Å². The highest BCUT2D eigenvalue weighted by molar-refractivity contribution is 5.81. The highest BCUT2D eigenvalue weighted by Crippen LogP contribution is 2.14. The van der Waals surface area contributed by atoms with Gasteiger partial charge in [-0.15, -0.1) is 0 Å². The number of hydrogen-bond donors (Lipinski definition) is 3. The van der Waals surface area contributed by atoms with Crippen LogP contribution in [0.3, 0.4) is 0 Å². The second-order valence-electron chi connectivity index (χ2n) is 4.37. The lowest BCUT2D eigenvalue weighted by Gasteiger charge is -2.27. The normalized spacial score (nSPS) is 24.3. The van der Waals surface area contributed by atoms with Crippen molar-refractivity contribution in [1.82, 2.24) is 10.6 Å². The van der Waals surface area contributed by atoms with E-state index in [9.17, 15) is 9.59 Å². The predicted octanol–water partition coefficient (Wildman–Crippen LogP) is -0.408. The molecular formula is C11H20N2O4. The van der Waals surface area contributed by atoms with Crippen molar-refractivity contribution < 1.29 is 19.4 Å². The number of carbonyl (C=O) groups excluding carboxylic acids is 1. The Morgan fingerprint density at radius 2 is 2.29 bits per heavy atom. The third-order valence-electron chi connectivity index (χ3n) is 2.75. The first-order valence-corrected chi connectivity index (χ1v) is 5.90. The quantitative estimate of drug-likeness (QED) is 0.553. The summed E-state index contributed by atoms with van der Waals surface area (Å²) in [6.45, 7) is 3.25. The molecule has 0 bridgehead atoms. The Morgan fingerprint density at radius 3 is 2.94 bits per heavy atom. The Balaban J connectivity index is 2.10. The summed E-state index contributed by atoms with van der Waals surface area (Å²) in [5.41, 5.74) is 0. The molecule has 6 heteroatoms. The molecule has 98 valence electrons. The second kappa shape index (κ2) is 7.24. The van der Waals surface area contributed by atoms with Crippen LogP contribution in [0.1, 0.15) is 19.8 Å². The van der Waals surface area contributed by atoms with Crippen molar-refractivity contribution in [2.24, 2.45) is 5.92 Å². The third-order valence-corrected chi connectivity index (χ3v) is 2.75. The van der Waals surface area contributed by atoms with Crippen LogP contribution in [-0.4, -0.2) is 49.3 Å². The van der Waals surface area contributed by atoms with Gasteiger partial charge in [-0.1, -0.05) is 6.92 Å². The molecule has 1 amide bonds. The number of carboxylic acids is 1. The minimum absolute atomic E-state index is 0.0320. The lowest BCUT2D eigenvalue weighted by molar-refractivity contribution is -0.142. The van der Waals surface area contributed by atoms with Crippen molar-refractivity contribution in [1.29, 1.82) is 0 Å². The highest BCUT2D eigenvalue weighted by atomic mass is 16.5. The molecule has 1 heterocycles. The van der Waals surface area contributed by atoms with Crippen LogP contribution in [0, 0.1) is 5.92 Å². The highest BCUT2D eigenvalue weighted by Gasteiger charge is 2.23. The molecule has 1 rings (SSSR count). The van der Waals surface area contributed by atoms with E-state index < -0.39 is 5.97 Å². The minimum atomic E-state index is -1.00. The Labute approximate surface area is 101 Å². The number of carboxylic acid groups (broad SMARTS) is 1. The molecule has 0 aromatic heterocycles. The van der Waals surface area contributed by atoms with Crippen molar-refractivity contribution in [2.75, 3.05) is 26.3 Å². The van der Waals surface area contributed by atoms with E-state index in [1.165, 1.54) is 0 Å². The monoisotopic (exact) mass is 244 g/mol. The molecule has 2 unspecified atom stereocenters. The van der Waals surface area contributed by atoms with E-state index in [4.69, 9.17) is 9.84 Å². The first-order chi connectivity index (χ1) is 8.09. The largest absolute Gasteiger partial charge is 0.480 e. The van der Waals surface area contributed by atoms with Gasteiger partial charge in [-0.3, -0.25) is 4.79 Å². The lowest BCUT2D eigenvalue weighted by Crippen LogP contribution is -2.49. The molecule has 2 atom stereocenters. The summed E-state index contributed by atoms with van der Waals surface area (Å²) in [5.74, 6) is -0.468. The zero-order valence-electron chi connectivity index (χ0n) is 10.1. The number of amides is 1. The predicted molar refractivity (Wildman–Crippen MR) is 61.7 cm³/mol. The number of nitrogens with one attached hydrogen (secondary N) is 2. The van der Waals surface area contributed by atoms with Gasteiger partial charge < -0.3 is 20.5 Å². The average Bonchev–Trinajstić information content (AvgIpc) is 2.28. The Bertz CT molecular complexity index is 270.